The zero-order chi connectivity index (χ0) is 10.5. The molecule has 2 heterocycles. The number of nitrogens with one attached hydrogen (secondary N) is 1. The summed E-state index contributed by atoms with van der Waals surface area (Å²) in [5.74, 6) is 0. The molecular weight excluding hydrogens is 206 g/mol. The van der Waals surface area contributed by atoms with Gasteiger partial charge in [-0.1, -0.05) is 6.92 Å². The summed E-state index contributed by atoms with van der Waals surface area (Å²) >= 11 is 1.87. The van der Waals surface area contributed by atoms with Crippen LogP contribution in [0.3, 0.4) is 0 Å². The van der Waals surface area contributed by atoms with Gasteiger partial charge in [0.1, 0.15) is 0 Å². The van der Waals surface area contributed by atoms with Gasteiger partial charge in [-0.05, 0) is 36.3 Å². The van der Waals surface area contributed by atoms with E-state index < -0.39 is 0 Å². The van der Waals surface area contributed by atoms with Gasteiger partial charge in [-0.25, -0.2) is 0 Å². The second kappa shape index (κ2) is 5.64. The van der Waals surface area contributed by atoms with Gasteiger partial charge in [0.05, 0.1) is 0 Å². The quantitative estimate of drug-likeness (QED) is 0.850. The van der Waals surface area contributed by atoms with E-state index in [2.05, 4.69) is 23.7 Å². The number of ether oxygens (including phenoxy) is 1. The second-order valence-electron chi connectivity index (χ2n) is 3.99. The Balaban J connectivity index is 1.81. The first-order valence-corrected chi connectivity index (χ1v) is 6.64. The van der Waals surface area contributed by atoms with Crippen molar-refractivity contribution in [3.8, 4) is 0 Å². The molecular formula is C12H19NOS. The Hall–Kier alpha value is -0.380. The Morgan fingerprint density at radius 1 is 1.47 bits per heavy atom. The maximum atomic E-state index is 5.34. The summed E-state index contributed by atoms with van der Waals surface area (Å²) in [6, 6.07) is 2.90. The lowest BCUT2D eigenvalue weighted by atomic mass is 10.1. The second-order valence-corrected chi connectivity index (χ2v) is 4.99. The van der Waals surface area contributed by atoms with Crippen LogP contribution in [0.15, 0.2) is 11.4 Å². The minimum Gasteiger partial charge on any atom is -0.381 e. The zero-order valence-corrected chi connectivity index (χ0v) is 10.1. The molecule has 1 fully saturated rings. The lowest BCUT2D eigenvalue weighted by Gasteiger charge is -2.23. The van der Waals surface area contributed by atoms with Crippen LogP contribution >= 0.6 is 11.3 Å². The van der Waals surface area contributed by atoms with Crippen molar-refractivity contribution in [2.75, 3.05) is 13.2 Å². The van der Waals surface area contributed by atoms with Crippen LogP contribution in [0.25, 0.3) is 0 Å². The average Bonchev–Trinajstić information content (AvgIpc) is 2.75. The Labute approximate surface area is 95.6 Å². The molecule has 0 spiro atoms. The molecule has 0 unspecified atom stereocenters. The highest BCUT2D eigenvalue weighted by molar-refractivity contribution is 7.10. The fourth-order valence-corrected chi connectivity index (χ4v) is 2.90. The average molecular weight is 225 g/mol. The molecule has 0 amide bonds. The molecule has 1 N–H and O–H groups in total. The van der Waals surface area contributed by atoms with Crippen molar-refractivity contribution in [3.63, 3.8) is 0 Å². The van der Waals surface area contributed by atoms with Gasteiger partial charge >= 0.3 is 0 Å². The van der Waals surface area contributed by atoms with Crippen molar-refractivity contribution in [1.82, 2.24) is 5.32 Å². The van der Waals surface area contributed by atoms with E-state index in [1.165, 1.54) is 10.4 Å². The predicted molar refractivity (Wildman–Crippen MR) is 64.4 cm³/mol. The molecule has 15 heavy (non-hydrogen) atoms. The predicted octanol–water partition coefficient (Wildman–Crippen LogP) is 2.58. The van der Waals surface area contributed by atoms with E-state index in [9.17, 15) is 0 Å². The van der Waals surface area contributed by atoms with Gasteiger partial charge < -0.3 is 10.1 Å². The molecule has 0 saturated carbocycles. The highest BCUT2D eigenvalue weighted by atomic mass is 32.1. The first-order chi connectivity index (χ1) is 7.40. The lowest BCUT2D eigenvalue weighted by molar-refractivity contribution is 0.0776. The number of hydrogen-bond acceptors (Lipinski definition) is 3. The number of hydrogen-bond donors (Lipinski definition) is 1. The smallest absolute Gasteiger partial charge is 0.0480 e. The van der Waals surface area contributed by atoms with E-state index in [4.69, 9.17) is 4.74 Å². The van der Waals surface area contributed by atoms with Crippen molar-refractivity contribution < 1.29 is 4.74 Å². The first kappa shape index (κ1) is 11.1. The van der Waals surface area contributed by atoms with Crippen LogP contribution in [-0.2, 0) is 17.7 Å². The fourth-order valence-electron chi connectivity index (χ4n) is 1.98. The molecule has 1 aromatic rings. The van der Waals surface area contributed by atoms with Crippen LogP contribution in [-0.4, -0.2) is 19.3 Å². The van der Waals surface area contributed by atoms with E-state index in [1.807, 2.05) is 11.3 Å². The van der Waals surface area contributed by atoms with E-state index in [0.717, 1.165) is 39.0 Å². The molecule has 1 aromatic heterocycles. The van der Waals surface area contributed by atoms with Gasteiger partial charge in [-0.2, -0.15) is 0 Å². The minimum atomic E-state index is 0.658. The Morgan fingerprint density at radius 3 is 3.00 bits per heavy atom. The summed E-state index contributed by atoms with van der Waals surface area (Å²) in [6.45, 7) is 5.09. The minimum absolute atomic E-state index is 0.658. The number of aryl methyl sites for hydroxylation is 1. The molecule has 3 heteroatoms. The SMILES string of the molecule is CCc1ccsc1CNC1CCOCC1. The molecule has 0 aliphatic carbocycles. The third kappa shape index (κ3) is 3.03. The van der Waals surface area contributed by atoms with Crippen molar-refractivity contribution in [1.29, 1.82) is 0 Å². The van der Waals surface area contributed by atoms with Gasteiger partial charge in [-0.3, -0.25) is 0 Å². The molecule has 1 aliphatic rings. The highest BCUT2D eigenvalue weighted by Crippen LogP contribution is 2.18. The Kier molecular flexibility index (Phi) is 4.18. The standard InChI is InChI=1S/C12H19NOS/c1-2-10-5-8-15-12(10)9-13-11-3-6-14-7-4-11/h5,8,11,13H,2-4,6-7,9H2,1H3. The van der Waals surface area contributed by atoms with Crippen LogP contribution in [0.1, 0.15) is 30.2 Å². The maximum Gasteiger partial charge on any atom is 0.0480 e. The van der Waals surface area contributed by atoms with E-state index in [1.54, 1.807) is 0 Å². The van der Waals surface area contributed by atoms with Gasteiger partial charge in [0.15, 0.2) is 0 Å². The largest absolute Gasteiger partial charge is 0.381 e. The summed E-state index contributed by atoms with van der Waals surface area (Å²) in [4.78, 5) is 1.50. The summed E-state index contributed by atoms with van der Waals surface area (Å²) in [5.41, 5.74) is 1.50. The third-order valence-corrected chi connectivity index (χ3v) is 3.95. The van der Waals surface area contributed by atoms with E-state index in [-0.39, 0.29) is 0 Å². The fraction of sp³-hybridized carbons (Fsp3) is 0.667. The van der Waals surface area contributed by atoms with Gasteiger partial charge in [0, 0.05) is 30.7 Å². The summed E-state index contributed by atoms with van der Waals surface area (Å²) in [6.07, 6.45) is 3.47. The van der Waals surface area contributed by atoms with Crippen LogP contribution < -0.4 is 5.32 Å². The number of thiophene rings is 1. The van der Waals surface area contributed by atoms with Gasteiger partial charge in [0.2, 0.25) is 0 Å². The molecule has 0 radical (unpaired) electrons. The molecule has 0 atom stereocenters. The first-order valence-electron chi connectivity index (χ1n) is 5.76. The molecule has 2 nitrogen and oxygen atoms in total. The molecule has 2 rings (SSSR count). The van der Waals surface area contributed by atoms with Crippen molar-refractivity contribution in [2.24, 2.45) is 0 Å². The highest BCUT2D eigenvalue weighted by Gasteiger charge is 2.13. The van der Waals surface area contributed by atoms with Crippen molar-refractivity contribution >= 4 is 11.3 Å². The summed E-state index contributed by atoms with van der Waals surface area (Å²) in [7, 11) is 0. The van der Waals surface area contributed by atoms with Crippen molar-refractivity contribution in [3.05, 3.63) is 21.9 Å². The Morgan fingerprint density at radius 2 is 2.27 bits per heavy atom. The van der Waals surface area contributed by atoms with Crippen LogP contribution in [0, 0.1) is 0 Å². The van der Waals surface area contributed by atoms with E-state index in [0.29, 0.717) is 6.04 Å². The molecule has 0 bridgehead atoms. The van der Waals surface area contributed by atoms with Gasteiger partial charge in [0.25, 0.3) is 0 Å². The van der Waals surface area contributed by atoms with Crippen LogP contribution in [0.5, 0.6) is 0 Å². The molecule has 0 aromatic carbocycles. The third-order valence-electron chi connectivity index (χ3n) is 2.99. The lowest BCUT2D eigenvalue weighted by Crippen LogP contribution is -2.34. The normalized spacial score (nSPS) is 18.2. The molecule has 1 saturated heterocycles. The number of rotatable bonds is 4. The topological polar surface area (TPSA) is 21.3 Å². The van der Waals surface area contributed by atoms with Crippen LogP contribution in [0.4, 0.5) is 0 Å². The molecule has 1 aliphatic heterocycles. The van der Waals surface area contributed by atoms with Crippen LogP contribution in [0.2, 0.25) is 0 Å². The molecule has 84 valence electrons. The van der Waals surface area contributed by atoms with Crippen molar-refractivity contribution in [2.45, 2.75) is 38.8 Å². The summed E-state index contributed by atoms with van der Waals surface area (Å²) < 4.78 is 5.34. The van der Waals surface area contributed by atoms with E-state index >= 15 is 0 Å². The Bertz CT molecular complexity index is 292. The van der Waals surface area contributed by atoms with Gasteiger partial charge in [-0.15, -0.1) is 11.3 Å². The summed E-state index contributed by atoms with van der Waals surface area (Å²) in [5, 5.41) is 5.82. The monoisotopic (exact) mass is 225 g/mol. The maximum absolute atomic E-state index is 5.34. The zero-order valence-electron chi connectivity index (χ0n) is 9.29.